The second-order valence-corrected chi connectivity index (χ2v) is 5.17. The number of hydrogen-bond acceptors (Lipinski definition) is 3. The first kappa shape index (κ1) is 12.2. The van der Waals surface area contributed by atoms with Gasteiger partial charge in [0, 0.05) is 4.90 Å². The third kappa shape index (κ3) is 2.38. The Bertz CT molecular complexity index is 603. The van der Waals surface area contributed by atoms with Crippen molar-refractivity contribution in [2.24, 2.45) is 0 Å². The normalized spacial score (nSPS) is 10.2. The summed E-state index contributed by atoms with van der Waals surface area (Å²) in [6.45, 7) is 1.82. The SMILES string of the molecule is Cc1occc1Sc1ccc(C#N)c(Br)c1F. The van der Waals surface area contributed by atoms with Crippen LogP contribution < -0.4 is 0 Å². The van der Waals surface area contributed by atoms with E-state index in [1.165, 1.54) is 11.8 Å². The molecule has 86 valence electrons. The molecule has 1 aromatic carbocycles. The molecule has 0 radical (unpaired) electrons. The first-order valence-corrected chi connectivity index (χ1v) is 6.34. The topological polar surface area (TPSA) is 36.9 Å². The van der Waals surface area contributed by atoms with Crippen LogP contribution in [0.2, 0.25) is 0 Å². The zero-order valence-corrected chi connectivity index (χ0v) is 11.2. The van der Waals surface area contributed by atoms with E-state index in [-0.39, 0.29) is 10.0 Å². The lowest BCUT2D eigenvalue weighted by molar-refractivity contribution is 0.526. The van der Waals surface area contributed by atoms with E-state index >= 15 is 0 Å². The Hall–Kier alpha value is -1.25. The van der Waals surface area contributed by atoms with Gasteiger partial charge < -0.3 is 4.42 Å². The average molecular weight is 312 g/mol. The van der Waals surface area contributed by atoms with E-state index < -0.39 is 5.82 Å². The van der Waals surface area contributed by atoms with Crippen molar-refractivity contribution in [2.45, 2.75) is 16.7 Å². The predicted octanol–water partition coefficient (Wildman–Crippen LogP) is 4.51. The molecule has 1 aromatic heterocycles. The average Bonchev–Trinajstić information content (AvgIpc) is 2.71. The maximum Gasteiger partial charge on any atom is 0.152 e. The van der Waals surface area contributed by atoms with Crippen molar-refractivity contribution in [3.63, 3.8) is 0 Å². The third-order valence-electron chi connectivity index (χ3n) is 2.20. The minimum atomic E-state index is -0.422. The van der Waals surface area contributed by atoms with E-state index in [0.717, 1.165) is 10.7 Å². The molecule has 0 amide bonds. The standard InChI is InChI=1S/C12H7BrFNOS/c1-7-9(4-5-16-7)17-10-3-2-8(6-15)11(13)12(10)14/h2-5H,1H3. The summed E-state index contributed by atoms with van der Waals surface area (Å²) < 4.78 is 19.3. The predicted molar refractivity (Wildman–Crippen MR) is 66.4 cm³/mol. The highest BCUT2D eigenvalue weighted by molar-refractivity contribution is 9.10. The number of halogens is 2. The van der Waals surface area contributed by atoms with Gasteiger partial charge in [0.2, 0.25) is 0 Å². The first-order chi connectivity index (χ1) is 8.13. The van der Waals surface area contributed by atoms with E-state index in [0.29, 0.717) is 4.90 Å². The highest BCUT2D eigenvalue weighted by Crippen LogP contribution is 2.36. The summed E-state index contributed by atoms with van der Waals surface area (Å²) in [6.07, 6.45) is 1.56. The molecule has 0 N–H and O–H groups in total. The molecule has 0 spiro atoms. The first-order valence-electron chi connectivity index (χ1n) is 4.73. The maximum absolute atomic E-state index is 13.9. The fraction of sp³-hybridized carbons (Fsp3) is 0.0833. The fourth-order valence-corrected chi connectivity index (χ4v) is 2.74. The van der Waals surface area contributed by atoms with E-state index in [4.69, 9.17) is 9.68 Å². The van der Waals surface area contributed by atoms with Crippen LogP contribution in [0.3, 0.4) is 0 Å². The van der Waals surface area contributed by atoms with Gasteiger partial charge in [-0.05, 0) is 41.1 Å². The van der Waals surface area contributed by atoms with Gasteiger partial charge in [-0.2, -0.15) is 5.26 Å². The van der Waals surface area contributed by atoms with Gasteiger partial charge in [-0.25, -0.2) is 4.39 Å². The van der Waals surface area contributed by atoms with E-state index in [1.807, 2.05) is 13.0 Å². The molecule has 0 atom stereocenters. The Morgan fingerprint density at radius 3 is 2.71 bits per heavy atom. The Morgan fingerprint density at radius 2 is 2.12 bits per heavy atom. The number of hydrogen-bond donors (Lipinski definition) is 0. The summed E-state index contributed by atoms with van der Waals surface area (Å²) >= 11 is 4.35. The van der Waals surface area contributed by atoms with Crippen LogP contribution in [0.1, 0.15) is 11.3 Å². The maximum atomic E-state index is 13.9. The number of aryl methyl sites for hydroxylation is 1. The van der Waals surface area contributed by atoms with Gasteiger partial charge >= 0.3 is 0 Å². The molecule has 5 heteroatoms. The number of furan rings is 1. The number of benzene rings is 1. The van der Waals surface area contributed by atoms with Crippen molar-refractivity contribution in [3.05, 3.63) is 46.1 Å². The molecule has 0 aliphatic heterocycles. The van der Waals surface area contributed by atoms with Crippen LogP contribution in [0.15, 0.2) is 43.1 Å². The van der Waals surface area contributed by atoms with Gasteiger partial charge in [-0.15, -0.1) is 0 Å². The van der Waals surface area contributed by atoms with Gasteiger partial charge in [0.1, 0.15) is 11.8 Å². The molecular weight excluding hydrogens is 305 g/mol. The molecule has 0 saturated carbocycles. The molecule has 0 bridgehead atoms. The van der Waals surface area contributed by atoms with E-state index in [9.17, 15) is 4.39 Å². The van der Waals surface area contributed by atoms with Gasteiger partial charge in [-0.3, -0.25) is 0 Å². The smallest absolute Gasteiger partial charge is 0.152 e. The molecule has 0 aliphatic rings. The molecule has 0 aliphatic carbocycles. The molecule has 2 nitrogen and oxygen atoms in total. The lowest BCUT2D eigenvalue weighted by atomic mass is 10.2. The number of nitrogens with zero attached hydrogens (tertiary/aromatic N) is 1. The fourth-order valence-electron chi connectivity index (χ4n) is 1.29. The van der Waals surface area contributed by atoms with Gasteiger partial charge in [0.15, 0.2) is 5.82 Å². The molecule has 17 heavy (non-hydrogen) atoms. The number of nitriles is 1. The van der Waals surface area contributed by atoms with E-state index in [2.05, 4.69) is 15.9 Å². The summed E-state index contributed by atoms with van der Waals surface area (Å²) in [5, 5.41) is 8.77. The summed E-state index contributed by atoms with van der Waals surface area (Å²) in [6, 6.07) is 6.88. The van der Waals surface area contributed by atoms with Crippen molar-refractivity contribution in [1.29, 1.82) is 5.26 Å². The van der Waals surface area contributed by atoms with Crippen molar-refractivity contribution >= 4 is 27.7 Å². The van der Waals surface area contributed by atoms with Crippen LogP contribution in [0, 0.1) is 24.1 Å². The monoisotopic (exact) mass is 311 g/mol. The van der Waals surface area contributed by atoms with Crippen LogP contribution in [0.5, 0.6) is 0 Å². The second-order valence-electron chi connectivity index (χ2n) is 3.29. The Balaban J connectivity index is 2.39. The molecule has 0 saturated heterocycles. The summed E-state index contributed by atoms with van der Waals surface area (Å²) in [7, 11) is 0. The summed E-state index contributed by atoms with van der Waals surface area (Å²) in [5.41, 5.74) is 0.288. The van der Waals surface area contributed by atoms with Crippen molar-refractivity contribution in [3.8, 4) is 6.07 Å². The molecule has 1 heterocycles. The van der Waals surface area contributed by atoms with Crippen molar-refractivity contribution in [1.82, 2.24) is 0 Å². The minimum Gasteiger partial charge on any atom is -0.468 e. The lowest BCUT2D eigenvalue weighted by Gasteiger charge is -2.04. The van der Waals surface area contributed by atoms with Crippen molar-refractivity contribution in [2.75, 3.05) is 0 Å². The summed E-state index contributed by atoms with van der Waals surface area (Å²) in [4.78, 5) is 1.32. The van der Waals surface area contributed by atoms with Crippen LogP contribution in [0.4, 0.5) is 4.39 Å². The Kier molecular flexibility index (Phi) is 3.55. The van der Waals surface area contributed by atoms with Crippen LogP contribution in [-0.4, -0.2) is 0 Å². The molecule has 2 aromatic rings. The van der Waals surface area contributed by atoms with Gasteiger partial charge in [0.25, 0.3) is 0 Å². The summed E-state index contributed by atoms with van der Waals surface area (Å²) in [5.74, 6) is 0.324. The molecular formula is C12H7BrFNOS. The van der Waals surface area contributed by atoms with Gasteiger partial charge in [0.05, 0.1) is 21.2 Å². The van der Waals surface area contributed by atoms with Crippen LogP contribution in [0.25, 0.3) is 0 Å². The lowest BCUT2D eigenvalue weighted by Crippen LogP contribution is -1.87. The molecule has 0 fully saturated rings. The molecule has 2 rings (SSSR count). The number of rotatable bonds is 2. The van der Waals surface area contributed by atoms with Crippen LogP contribution in [-0.2, 0) is 0 Å². The highest BCUT2D eigenvalue weighted by Gasteiger charge is 2.13. The Labute approximate surface area is 111 Å². The quantitative estimate of drug-likeness (QED) is 0.818. The zero-order chi connectivity index (χ0) is 12.4. The molecule has 0 unspecified atom stereocenters. The Morgan fingerprint density at radius 1 is 1.35 bits per heavy atom. The zero-order valence-electron chi connectivity index (χ0n) is 8.83. The van der Waals surface area contributed by atoms with Gasteiger partial charge in [-0.1, -0.05) is 11.8 Å². The van der Waals surface area contributed by atoms with Crippen molar-refractivity contribution < 1.29 is 8.81 Å². The second kappa shape index (κ2) is 4.94. The third-order valence-corrected chi connectivity index (χ3v) is 4.15. The minimum absolute atomic E-state index is 0.200. The van der Waals surface area contributed by atoms with Crippen LogP contribution >= 0.6 is 27.7 Å². The highest BCUT2D eigenvalue weighted by atomic mass is 79.9. The van der Waals surface area contributed by atoms with E-state index in [1.54, 1.807) is 24.5 Å². The largest absolute Gasteiger partial charge is 0.468 e.